The number of nitrogens with one attached hydrogen (secondary N) is 1. The lowest BCUT2D eigenvalue weighted by molar-refractivity contribution is 0.444. The second-order valence-corrected chi connectivity index (χ2v) is 6.19. The van der Waals surface area contributed by atoms with Crippen molar-refractivity contribution in [3.63, 3.8) is 0 Å². The summed E-state index contributed by atoms with van der Waals surface area (Å²) in [6.45, 7) is 7.55. The van der Waals surface area contributed by atoms with Crippen molar-refractivity contribution in [2.45, 2.75) is 33.2 Å². The molecule has 1 N–H and O–H groups in total. The minimum atomic E-state index is -0.157. The van der Waals surface area contributed by atoms with E-state index in [1.54, 1.807) is 17.4 Å². The van der Waals surface area contributed by atoms with Crippen LogP contribution >= 0.6 is 11.3 Å². The summed E-state index contributed by atoms with van der Waals surface area (Å²) < 4.78 is 14.4. The zero-order chi connectivity index (χ0) is 13.1. The van der Waals surface area contributed by atoms with Crippen molar-refractivity contribution in [3.8, 4) is 0 Å². The quantitative estimate of drug-likeness (QED) is 0.823. The van der Waals surface area contributed by atoms with Gasteiger partial charge >= 0.3 is 0 Å². The molecule has 98 valence electrons. The molecule has 0 aliphatic rings. The number of rotatable bonds is 5. The van der Waals surface area contributed by atoms with Crippen molar-refractivity contribution in [2.75, 3.05) is 6.54 Å². The number of halogens is 1. The fraction of sp³-hybridized carbons (Fsp3) is 0.467. The van der Waals surface area contributed by atoms with E-state index in [0.29, 0.717) is 12.0 Å². The lowest BCUT2D eigenvalue weighted by Gasteiger charge is -2.18. The molecule has 2 rings (SSSR count). The Balaban J connectivity index is 2.31. The third-order valence-electron chi connectivity index (χ3n) is 3.00. The lowest BCUT2D eigenvalue weighted by atomic mass is 10.0. The van der Waals surface area contributed by atoms with E-state index in [2.05, 4.69) is 32.2 Å². The summed E-state index contributed by atoms with van der Waals surface area (Å²) in [5.41, 5.74) is 0. The Morgan fingerprint density at radius 1 is 1.28 bits per heavy atom. The van der Waals surface area contributed by atoms with Gasteiger partial charge in [0.15, 0.2) is 0 Å². The average molecular weight is 265 g/mol. The smallest absolute Gasteiger partial charge is 0.123 e. The van der Waals surface area contributed by atoms with Crippen molar-refractivity contribution >= 4 is 21.4 Å². The summed E-state index contributed by atoms with van der Waals surface area (Å²) >= 11 is 1.77. The fourth-order valence-corrected chi connectivity index (χ4v) is 3.36. The highest BCUT2D eigenvalue weighted by atomic mass is 32.1. The van der Waals surface area contributed by atoms with E-state index in [-0.39, 0.29) is 5.82 Å². The summed E-state index contributed by atoms with van der Waals surface area (Å²) in [4.78, 5) is 1.31. The second-order valence-electron chi connectivity index (χ2n) is 5.07. The van der Waals surface area contributed by atoms with Crippen molar-refractivity contribution in [1.82, 2.24) is 5.32 Å². The highest BCUT2D eigenvalue weighted by Gasteiger charge is 2.15. The van der Waals surface area contributed by atoms with Crippen LogP contribution in [0, 0.1) is 11.7 Å². The number of thiophene rings is 1. The molecule has 0 spiro atoms. The number of fused-ring (bicyclic) bond motifs is 1. The maximum absolute atomic E-state index is 13.2. The molecule has 0 saturated carbocycles. The van der Waals surface area contributed by atoms with Crippen LogP contribution in [-0.2, 0) is 0 Å². The Morgan fingerprint density at radius 3 is 2.72 bits per heavy atom. The van der Waals surface area contributed by atoms with Crippen molar-refractivity contribution in [2.24, 2.45) is 5.92 Å². The molecule has 0 fully saturated rings. The Bertz CT molecular complexity index is 518. The highest BCUT2D eigenvalue weighted by molar-refractivity contribution is 7.19. The molecule has 1 heterocycles. The van der Waals surface area contributed by atoms with Crippen LogP contribution in [0.15, 0.2) is 24.3 Å². The van der Waals surface area contributed by atoms with Gasteiger partial charge in [0.1, 0.15) is 5.82 Å². The molecule has 0 aliphatic carbocycles. The average Bonchev–Trinajstić information content (AvgIpc) is 2.70. The molecule has 1 unspecified atom stereocenters. The van der Waals surface area contributed by atoms with Crippen molar-refractivity contribution in [3.05, 3.63) is 35.0 Å². The monoisotopic (exact) mass is 265 g/mol. The first-order chi connectivity index (χ1) is 8.60. The molecule has 0 bridgehead atoms. The van der Waals surface area contributed by atoms with Crippen LogP contribution in [0.4, 0.5) is 4.39 Å². The molecule has 2 aromatic rings. The van der Waals surface area contributed by atoms with Gasteiger partial charge in [0, 0.05) is 15.6 Å². The molecule has 0 radical (unpaired) electrons. The molecule has 3 heteroatoms. The minimum absolute atomic E-state index is 0.157. The minimum Gasteiger partial charge on any atom is -0.310 e. The molecule has 0 aliphatic heterocycles. The highest BCUT2D eigenvalue weighted by Crippen LogP contribution is 2.33. The van der Waals surface area contributed by atoms with E-state index in [1.807, 2.05) is 6.07 Å². The van der Waals surface area contributed by atoms with Crippen LogP contribution in [-0.4, -0.2) is 6.54 Å². The standard InChI is InChI=1S/C15H20FNS/c1-4-17-13(7-10(2)3)15-9-11-8-12(16)5-6-14(11)18-15/h5-6,8-10,13,17H,4,7H2,1-3H3. The van der Waals surface area contributed by atoms with E-state index < -0.39 is 0 Å². The molecule has 18 heavy (non-hydrogen) atoms. The van der Waals surface area contributed by atoms with Crippen LogP contribution < -0.4 is 5.32 Å². The van der Waals surface area contributed by atoms with E-state index in [0.717, 1.165) is 23.1 Å². The van der Waals surface area contributed by atoms with Crippen LogP contribution in [0.3, 0.4) is 0 Å². The van der Waals surface area contributed by atoms with Crippen molar-refractivity contribution < 1.29 is 4.39 Å². The Hall–Kier alpha value is -0.930. The molecule has 1 aromatic carbocycles. The maximum Gasteiger partial charge on any atom is 0.123 e. The Morgan fingerprint density at radius 2 is 2.06 bits per heavy atom. The first kappa shape index (κ1) is 13.5. The third kappa shape index (κ3) is 3.09. The largest absolute Gasteiger partial charge is 0.310 e. The molecule has 1 aromatic heterocycles. The summed E-state index contributed by atoms with van der Waals surface area (Å²) in [5, 5.41) is 4.54. The molecule has 0 saturated heterocycles. The zero-order valence-electron chi connectivity index (χ0n) is 11.2. The van der Waals surface area contributed by atoms with Crippen LogP contribution in [0.25, 0.3) is 10.1 Å². The molecule has 0 amide bonds. The van der Waals surface area contributed by atoms with Crippen molar-refractivity contribution in [1.29, 1.82) is 0 Å². The maximum atomic E-state index is 13.2. The zero-order valence-corrected chi connectivity index (χ0v) is 12.0. The van der Waals surface area contributed by atoms with E-state index in [9.17, 15) is 4.39 Å². The third-order valence-corrected chi connectivity index (χ3v) is 4.23. The summed E-state index contributed by atoms with van der Waals surface area (Å²) in [7, 11) is 0. The first-order valence-corrected chi connectivity index (χ1v) is 7.34. The van der Waals surface area contributed by atoms with Gasteiger partial charge in [-0.05, 0) is 48.5 Å². The van der Waals surface area contributed by atoms with Gasteiger partial charge < -0.3 is 5.32 Å². The van der Waals surface area contributed by atoms with E-state index in [1.165, 1.54) is 10.9 Å². The number of benzene rings is 1. The predicted octanol–water partition coefficient (Wildman–Crippen LogP) is 4.74. The Labute approximate surface area is 112 Å². The van der Waals surface area contributed by atoms with Gasteiger partial charge in [-0.15, -0.1) is 11.3 Å². The normalized spacial score (nSPS) is 13.4. The van der Waals surface area contributed by atoms with E-state index in [4.69, 9.17) is 0 Å². The fourth-order valence-electron chi connectivity index (χ4n) is 2.22. The molecule has 1 nitrogen and oxygen atoms in total. The van der Waals surface area contributed by atoms with Gasteiger partial charge in [-0.25, -0.2) is 4.39 Å². The lowest BCUT2D eigenvalue weighted by Crippen LogP contribution is -2.21. The van der Waals surface area contributed by atoms with Gasteiger partial charge in [0.2, 0.25) is 0 Å². The number of hydrogen-bond acceptors (Lipinski definition) is 2. The van der Waals surface area contributed by atoms with Gasteiger partial charge in [0.25, 0.3) is 0 Å². The number of hydrogen-bond donors (Lipinski definition) is 1. The van der Waals surface area contributed by atoms with Gasteiger partial charge in [0.05, 0.1) is 0 Å². The summed E-state index contributed by atoms with van der Waals surface area (Å²) in [6, 6.07) is 7.53. The Kier molecular flexibility index (Phi) is 4.36. The van der Waals surface area contributed by atoms with Gasteiger partial charge in [-0.3, -0.25) is 0 Å². The second kappa shape index (κ2) is 5.81. The van der Waals surface area contributed by atoms with Crippen LogP contribution in [0.5, 0.6) is 0 Å². The van der Waals surface area contributed by atoms with Crippen LogP contribution in [0.2, 0.25) is 0 Å². The SMILES string of the molecule is CCNC(CC(C)C)c1cc2cc(F)ccc2s1. The molecule has 1 atom stereocenters. The topological polar surface area (TPSA) is 12.0 Å². The van der Waals surface area contributed by atoms with Gasteiger partial charge in [-0.1, -0.05) is 20.8 Å². The van der Waals surface area contributed by atoms with E-state index >= 15 is 0 Å². The summed E-state index contributed by atoms with van der Waals surface area (Å²) in [6.07, 6.45) is 1.11. The van der Waals surface area contributed by atoms with Gasteiger partial charge in [-0.2, -0.15) is 0 Å². The molecular weight excluding hydrogens is 245 g/mol. The molecular formula is C15H20FNS. The summed E-state index contributed by atoms with van der Waals surface area (Å²) in [5.74, 6) is 0.492. The first-order valence-electron chi connectivity index (χ1n) is 6.52. The van der Waals surface area contributed by atoms with Crippen LogP contribution in [0.1, 0.15) is 38.1 Å². The predicted molar refractivity (Wildman–Crippen MR) is 77.7 cm³/mol.